The standard InChI is InChI=1S/C12H21NS/c1-5-13-10(2)9-12(3,4)11-7-6-8-14-11/h6-8,10,13H,5,9H2,1-4H3. The lowest BCUT2D eigenvalue weighted by Gasteiger charge is -2.27. The first-order valence-corrected chi connectivity index (χ1v) is 6.21. The van der Waals surface area contributed by atoms with Gasteiger partial charge in [0.15, 0.2) is 0 Å². The van der Waals surface area contributed by atoms with Crippen molar-refractivity contribution in [2.24, 2.45) is 0 Å². The number of nitrogens with one attached hydrogen (secondary N) is 1. The summed E-state index contributed by atoms with van der Waals surface area (Å²) in [6, 6.07) is 4.97. The van der Waals surface area contributed by atoms with Crippen LogP contribution < -0.4 is 5.32 Å². The van der Waals surface area contributed by atoms with Crippen molar-refractivity contribution in [1.82, 2.24) is 5.32 Å². The van der Waals surface area contributed by atoms with Gasteiger partial charge in [-0.15, -0.1) is 11.3 Å². The summed E-state index contributed by atoms with van der Waals surface area (Å²) < 4.78 is 0. The van der Waals surface area contributed by atoms with Crippen LogP contribution in [0.15, 0.2) is 17.5 Å². The van der Waals surface area contributed by atoms with Gasteiger partial charge in [0.05, 0.1) is 0 Å². The Balaban J connectivity index is 2.58. The van der Waals surface area contributed by atoms with Crippen LogP contribution in [-0.2, 0) is 5.41 Å². The van der Waals surface area contributed by atoms with E-state index in [-0.39, 0.29) is 0 Å². The Kier molecular flexibility index (Phi) is 4.14. The molecule has 0 bridgehead atoms. The minimum atomic E-state index is 0.301. The Hall–Kier alpha value is -0.340. The SMILES string of the molecule is CCNC(C)CC(C)(C)c1cccs1. The maximum Gasteiger partial charge on any atom is 0.0102 e. The van der Waals surface area contributed by atoms with E-state index < -0.39 is 0 Å². The molecular weight excluding hydrogens is 190 g/mol. The third-order valence-corrected chi connectivity index (χ3v) is 3.79. The minimum Gasteiger partial charge on any atom is -0.314 e. The summed E-state index contributed by atoms with van der Waals surface area (Å²) in [5.41, 5.74) is 0.301. The predicted molar refractivity (Wildman–Crippen MR) is 65.1 cm³/mol. The van der Waals surface area contributed by atoms with Gasteiger partial charge >= 0.3 is 0 Å². The lowest BCUT2D eigenvalue weighted by molar-refractivity contribution is 0.400. The molecule has 0 saturated heterocycles. The summed E-state index contributed by atoms with van der Waals surface area (Å²) in [5.74, 6) is 0. The van der Waals surface area contributed by atoms with E-state index in [1.165, 1.54) is 11.3 Å². The molecule has 0 aliphatic heterocycles. The van der Waals surface area contributed by atoms with Crippen molar-refractivity contribution in [1.29, 1.82) is 0 Å². The van der Waals surface area contributed by atoms with E-state index in [1.54, 1.807) is 0 Å². The van der Waals surface area contributed by atoms with Crippen LogP contribution in [0.5, 0.6) is 0 Å². The molecule has 0 fully saturated rings. The summed E-state index contributed by atoms with van der Waals surface area (Å²) in [6.45, 7) is 10.1. The second kappa shape index (κ2) is 4.94. The van der Waals surface area contributed by atoms with Gasteiger partial charge in [0, 0.05) is 16.3 Å². The number of hydrogen-bond donors (Lipinski definition) is 1. The molecule has 0 radical (unpaired) electrons. The second-order valence-corrected chi connectivity index (χ2v) is 5.47. The quantitative estimate of drug-likeness (QED) is 0.787. The highest BCUT2D eigenvalue weighted by Crippen LogP contribution is 2.31. The van der Waals surface area contributed by atoms with Crippen LogP contribution in [0.25, 0.3) is 0 Å². The minimum absolute atomic E-state index is 0.301. The molecule has 1 aromatic heterocycles. The van der Waals surface area contributed by atoms with Crippen LogP contribution in [0.2, 0.25) is 0 Å². The molecule has 1 N–H and O–H groups in total. The molecule has 0 aliphatic carbocycles. The fraction of sp³-hybridized carbons (Fsp3) is 0.667. The molecule has 0 amide bonds. The molecule has 0 aliphatic rings. The Bertz CT molecular complexity index is 251. The largest absolute Gasteiger partial charge is 0.314 e. The van der Waals surface area contributed by atoms with Gasteiger partial charge in [-0.25, -0.2) is 0 Å². The maximum absolute atomic E-state index is 3.47. The number of thiophene rings is 1. The van der Waals surface area contributed by atoms with Crippen molar-refractivity contribution >= 4 is 11.3 Å². The van der Waals surface area contributed by atoms with Crippen LogP contribution in [-0.4, -0.2) is 12.6 Å². The van der Waals surface area contributed by atoms with E-state index in [0.717, 1.165) is 6.54 Å². The summed E-state index contributed by atoms with van der Waals surface area (Å²) in [6.07, 6.45) is 1.20. The highest BCUT2D eigenvalue weighted by molar-refractivity contribution is 7.10. The Morgan fingerprint density at radius 1 is 1.50 bits per heavy atom. The Morgan fingerprint density at radius 3 is 2.71 bits per heavy atom. The second-order valence-electron chi connectivity index (χ2n) is 4.52. The third-order valence-electron chi connectivity index (χ3n) is 2.56. The zero-order valence-electron chi connectivity index (χ0n) is 9.63. The molecule has 1 atom stereocenters. The molecule has 0 aromatic carbocycles. The first kappa shape index (κ1) is 11.7. The summed E-state index contributed by atoms with van der Waals surface area (Å²) in [4.78, 5) is 1.49. The fourth-order valence-corrected chi connectivity index (χ4v) is 2.81. The van der Waals surface area contributed by atoms with Crippen molar-refractivity contribution in [2.75, 3.05) is 6.54 Å². The zero-order chi connectivity index (χ0) is 10.6. The highest BCUT2D eigenvalue weighted by atomic mass is 32.1. The van der Waals surface area contributed by atoms with Crippen molar-refractivity contribution < 1.29 is 0 Å². The predicted octanol–water partition coefficient (Wildman–Crippen LogP) is 3.41. The summed E-state index contributed by atoms with van der Waals surface area (Å²) in [7, 11) is 0. The van der Waals surface area contributed by atoms with Gasteiger partial charge in [-0.1, -0.05) is 26.8 Å². The molecule has 1 nitrogen and oxygen atoms in total. The van der Waals surface area contributed by atoms with Crippen LogP contribution in [0.4, 0.5) is 0 Å². The molecule has 80 valence electrons. The van der Waals surface area contributed by atoms with Gasteiger partial charge < -0.3 is 5.32 Å². The van der Waals surface area contributed by atoms with Crippen LogP contribution in [0, 0.1) is 0 Å². The van der Waals surface area contributed by atoms with E-state index in [0.29, 0.717) is 11.5 Å². The fourth-order valence-electron chi connectivity index (χ4n) is 1.95. The van der Waals surface area contributed by atoms with Crippen LogP contribution in [0.3, 0.4) is 0 Å². The molecule has 1 aromatic rings. The van der Waals surface area contributed by atoms with Crippen LogP contribution in [0.1, 0.15) is 39.0 Å². The third kappa shape index (κ3) is 3.10. The highest BCUT2D eigenvalue weighted by Gasteiger charge is 2.23. The van der Waals surface area contributed by atoms with Gasteiger partial charge in [0.25, 0.3) is 0 Å². The smallest absolute Gasteiger partial charge is 0.0102 e. The molecular formula is C12H21NS. The van der Waals surface area contributed by atoms with Crippen molar-refractivity contribution in [3.05, 3.63) is 22.4 Å². The maximum atomic E-state index is 3.47. The van der Waals surface area contributed by atoms with Crippen LogP contribution >= 0.6 is 11.3 Å². The van der Waals surface area contributed by atoms with Gasteiger partial charge in [-0.05, 0) is 31.3 Å². The van der Waals surface area contributed by atoms with E-state index >= 15 is 0 Å². The molecule has 2 heteroatoms. The number of rotatable bonds is 5. The van der Waals surface area contributed by atoms with E-state index in [9.17, 15) is 0 Å². The number of hydrogen-bond acceptors (Lipinski definition) is 2. The zero-order valence-corrected chi connectivity index (χ0v) is 10.4. The van der Waals surface area contributed by atoms with E-state index in [1.807, 2.05) is 11.3 Å². The summed E-state index contributed by atoms with van der Waals surface area (Å²) in [5, 5.41) is 5.63. The average molecular weight is 211 g/mol. The normalized spacial score (nSPS) is 14.3. The molecule has 1 rings (SSSR count). The topological polar surface area (TPSA) is 12.0 Å². The molecule has 0 spiro atoms. The van der Waals surface area contributed by atoms with E-state index in [2.05, 4.69) is 50.5 Å². The monoisotopic (exact) mass is 211 g/mol. The van der Waals surface area contributed by atoms with Gasteiger partial charge in [0.2, 0.25) is 0 Å². The average Bonchev–Trinajstić information content (AvgIpc) is 2.54. The molecule has 1 heterocycles. The molecule has 0 saturated carbocycles. The molecule has 1 unspecified atom stereocenters. The first-order valence-electron chi connectivity index (χ1n) is 5.33. The van der Waals surface area contributed by atoms with Gasteiger partial charge in [-0.2, -0.15) is 0 Å². The lowest BCUT2D eigenvalue weighted by atomic mass is 9.84. The molecule has 14 heavy (non-hydrogen) atoms. The summed E-state index contributed by atoms with van der Waals surface area (Å²) >= 11 is 1.86. The Labute approximate surface area is 91.5 Å². The van der Waals surface area contributed by atoms with Gasteiger partial charge in [-0.3, -0.25) is 0 Å². The Morgan fingerprint density at radius 2 is 2.21 bits per heavy atom. The van der Waals surface area contributed by atoms with Crippen molar-refractivity contribution in [3.63, 3.8) is 0 Å². The first-order chi connectivity index (χ1) is 6.56. The van der Waals surface area contributed by atoms with Gasteiger partial charge in [0.1, 0.15) is 0 Å². The van der Waals surface area contributed by atoms with Crippen molar-refractivity contribution in [2.45, 2.75) is 45.6 Å². The van der Waals surface area contributed by atoms with Crippen molar-refractivity contribution in [3.8, 4) is 0 Å². The lowest BCUT2D eigenvalue weighted by Crippen LogP contribution is -2.32. The van der Waals surface area contributed by atoms with E-state index in [4.69, 9.17) is 0 Å².